The third kappa shape index (κ3) is 5.06. The topological polar surface area (TPSA) is 68.1 Å². The highest BCUT2D eigenvalue weighted by Crippen LogP contribution is 2.24. The van der Waals surface area contributed by atoms with Crippen LogP contribution in [0, 0.1) is 6.92 Å². The Morgan fingerprint density at radius 3 is 2.36 bits per heavy atom. The predicted molar refractivity (Wildman–Crippen MR) is 145 cm³/mol. The minimum atomic E-state index is -0.210. The molecule has 3 aromatic carbocycles. The first-order valence-electron chi connectivity index (χ1n) is 11.6. The SMILES string of the molecule is Cc1ccnc(-n2c(SCC(=O)N(Cc3ccccc3)c3ccccc3)nc3ccccc3c2=O)c1. The number of hydrogen-bond acceptors (Lipinski definition) is 5. The molecule has 0 aliphatic rings. The highest BCUT2D eigenvalue weighted by atomic mass is 32.2. The summed E-state index contributed by atoms with van der Waals surface area (Å²) < 4.78 is 1.50. The average Bonchev–Trinajstić information content (AvgIpc) is 2.91. The Morgan fingerprint density at radius 1 is 0.917 bits per heavy atom. The maximum Gasteiger partial charge on any atom is 0.267 e. The number of carbonyl (C=O) groups is 1. The molecule has 0 fully saturated rings. The van der Waals surface area contributed by atoms with E-state index in [9.17, 15) is 9.59 Å². The molecular weight excluding hydrogens is 468 g/mol. The highest BCUT2D eigenvalue weighted by molar-refractivity contribution is 7.99. The third-order valence-corrected chi connectivity index (χ3v) is 6.68. The number of amides is 1. The van der Waals surface area contributed by atoms with Crippen molar-refractivity contribution in [1.82, 2.24) is 14.5 Å². The van der Waals surface area contributed by atoms with Gasteiger partial charge in [-0.15, -0.1) is 0 Å². The fraction of sp³-hybridized carbons (Fsp3) is 0.103. The van der Waals surface area contributed by atoms with E-state index in [-0.39, 0.29) is 17.2 Å². The summed E-state index contributed by atoms with van der Waals surface area (Å²) in [5, 5.41) is 0.935. The molecule has 2 aromatic heterocycles. The number of aromatic nitrogens is 3. The van der Waals surface area contributed by atoms with Crippen LogP contribution in [0.5, 0.6) is 0 Å². The van der Waals surface area contributed by atoms with Gasteiger partial charge in [0.15, 0.2) is 5.16 Å². The van der Waals surface area contributed by atoms with Gasteiger partial charge in [-0.1, -0.05) is 72.4 Å². The van der Waals surface area contributed by atoms with Crippen LogP contribution in [-0.4, -0.2) is 26.2 Å². The van der Waals surface area contributed by atoms with Gasteiger partial charge in [0.1, 0.15) is 5.82 Å². The quantitative estimate of drug-likeness (QED) is 0.224. The third-order valence-electron chi connectivity index (χ3n) is 5.75. The molecule has 1 amide bonds. The van der Waals surface area contributed by atoms with Crippen molar-refractivity contribution < 1.29 is 4.79 Å². The monoisotopic (exact) mass is 492 g/mol. The van der Waals surface area contributed by atoms with Gasteiger partial charge in [-0.2, -0.15) is 0 Å². The van der Waals surface area contributed by atoms with E-state index in [1.807, 2.05) is 97.9 Å². The number of para-hydroxylation sites is 2. The van der Waals surface area contributed by atoms with Crippen LogP contribution < -0.4 is 10.5 Å². The Morgan fingerprint density at radius 2 is 1.61 bits per heavy atom. The van der Waals surface area contributed by atoms with Gasteiger partial charge >= 0.3 is 0 Å². The number of hydrogen-bond donors (Lipinski definition) is 0. The van der Waals surface area contributed by atoms with Gasteiger partial charge in [0.05, 0.1) is 23.2 Å². The van der Waals surface area contributed by atoms with Crippen molar-refractivity contribution in [2.24, 2.45) is 0 Å². The van der Waals surface area contributed by atoms with E-state index in [1.54, 1.807) is 17.2 Å². The van der Waals surface area contributed by atoms with E-state index in [0.29, 0.717) is 28.4 Å². The minimum absolute atomic E-state index is 0.0822. The zero-order valence-corrected chi connectivity index (χ0v) is 20.6. The number of pyridine rings is 1. The van der Waals surface area contributed by atoms with Crippen LogP contribution >= 0.6 is 11.8 Å². The molecular formula is C29H24N4O2S. The van der Waals surface area contributed by atoms with E-state index >= 15 is 0 Å². The number of thioether (sulfide) groups is 1. The molecule has 0 unspecified atom stereocenters. The molecule has 0 aliphatic carbocycles. The first-order valence-corrected chi connectivity index (χ1v) is 12.6. The van der Waals surface area contributed by atoms with Crippen molar-refractivity contribution in [2.45, 2.75) is 18.6 Å². The molecule has 6 nitrogen and oxygen atoms in total. The van der Waals surface area contributed by atoms with Crippen molar-refractivity contribution in [2.75, 3.05) is 10.7 Å². The van der Waals surface area contributed by atoms with Crippen molar-refractivity contribution in [3.8, 4) is 5.82 Å². The normalized spacial score (nSPS) is 10.9. The van der Waals surface area contributed by atoms with Gasteiger partial charge in [-0.05, 0) is 54.4 Å². The second kappa shape index (κ2) is 10.6. The first kappa shape index (κ1) is 23.5. The molecule has 5 rings (SSSR count). The van der Waals surface area contributed by atoms with E-state index in [2.05, 4.69) is 4.98 Å². The summed E-state index contributed by atoms with van der Waals surface area (Å²) >= 11 is 1.24. The second-order valence-electron chi connectivity index (χ2n) is 8.33. The van der Waals surface area contributed by atoms with Gasteiger partial charge in [-0.25, -0.2) is 14.5 Å². The molecule has 36 heavy (non-hydrogen) atoms. The zero-order chi connectivity index (χ0) is 24.9. The van der Waals surface area contributed by atoms with Crippen LogP contribution in [0.25, 0.3) is 16.7 Å². The standard InChI is InChI=1S/C29H24N4O2S/c1-21-16-17-30-26(18-21)33-28(35)24-14-8-9-15-25(24)31-29(33)36-20-27(34)32(23-12-6-3-7-13-23)19-22-10-4-2-5-11-22/h2-18H,19-20H2,1H3. The minimum Gasteiger partial charge on any atom is -0.307 e. The number of anilines is 1. The van der Waals surface area contributed by atoms with Crippen molar-refractivity contribution in [3.63, 3.8) is 0 Å². The van der Waals surface area contributed by atoms with Crippen molar-refractivity contribution >= 4 is 34.3 Å². The number of aryl methyl sites for hydroxylation is 1. The summed E-state index contributed by atoms with van der Waals surface area (Å²) in [5.74, 6) is 0.511. The molecule has 7 heteroatoms. The Balaban J connectivity index is 1.50. The van der Waals surface area contributed by atoms with Crippen molar-refractivity contribution in [1.29, 1.82) is 0 Å². The van der Waals surface area contributed by atoms with Gasteiger partial charge in [-0.3, -0.25) is 9.59 Å². The van der Waals surface area contributed by atoms with Crippen LogP contribution in [0.1, 0.15) is 11.1 Å². The molecule has 0 N–H and O–H groups in total. The largest absolute Gasteiger partial charge is 0.307 e. The number of fused-ring (bicyclic) bond motifs is 1. The molecule has 0 aliphatic heterocycles. The van der Waals surface area contributed by atoms with Crippen LogP contribution in [0.4, 0.5) is 5.69 Å². The Hall–Kier alpha value is -4.23. The molecule has 0 saturated carbocycles. The lowest BCUT2D eigenvalue weighted by atomic mass is 10.2. The van der Waals surface area contributed by atoms with Crippen LogP contribution in [0.15, 0.2) is 113 Å². The van der Waals surface area contributed by atoms with E-state index in [4.69, 9.17) is 4.98 Å². The maximum absolute atomic E-state index is 13.5. The summed E-state index contributed by atoms with van der Waals surface area (Å²) in [4.78, 5) is 37.9. The molecule has 0 saturated heterocycles. The fourth-order valence-corrected chi connectivity index (χ4v) is 4.83. The summed E-state index contributed by atoms with van der Waals surface area (Å²) in [7, 11) is 0. The molecule has 178 valence electrons. The molecule has 2 heterocycles. The molecule has 0 radical (unpaired) electrons. The number of benzene rings is 3. The Labute approximate surface area is 213 Å². The van der Waals surface area contributed by atoms with E-state index < -0.39 is 0 Å². The highest BCUT2D eigenvalue weighted by Gasteiger charge is 2.20. The average molecular weight is 493 g/mol. The lowest BCUT2D eigenvalue weighted by molar-refractivity contribution is -0.116. The first-order chi connectivity index (χ1) is 17.6. The number of nitrogens with zero attached hydrogens (tertiary/aromatic N) is 4. The lowest BCUT2D eigenvalue weighted by Crippen LogP contribution is -2.32. The van der Waals surface area contributed by atoms with E-state index in [0.717, 1.165) is 16.8 Å². The summed E-state index contributed by atoms with van der Waals surface area (Å²) in [6.07, 6.45) is 1.67. The molecule has 0 bridgehead atoms. The maximum atomic E-state index is 13.5. The predicted octanol–water partition coefficient (Wildman–Crippen LogP) is 5.41. The van der Waals surface area contributed by atoms with Gasteiger partial charge < -0.3 is 4.90 Å². The number of carbonyl (C=O) groups excluding carboxylic acids is 1. The van der Waals surface area contributed by atoms with Gasteiger partial charge in [0.2, 0.25) is 5.91 Å². The second-order valence-corrected chi connectivity index (χ2v) is 9.28. The molecule has 0 atom stereocenters. The summed E-state index contributed by atoms with van der Waals surface area (Å²) in [5.41, 5.74) is 3.20. The van der Waals surface area contributed by atoms with Crippen molar-refractivity contribution in [3.05, 3.63) is 125 Å². The molecule has 0 spiro atoms. The smallest absolute Gasteiger partial charge is 0.267 e. The van der Waals surface area contributed by atoms with Gasteiger partial charge in [0, 0.05) is 11.9 Å². The number of rotatable bonds is 7. The fourth-order valence-electron chi connectivity index (χ4n) is 3.96. The zero-order valence-electron chi connectivity index (χ0n) is 19.7. The van der Waals surface area contributed by atoms with E-state index in [1.165, 1.54) is 16.3 Å². The van der Waals surface area contributed by atoms with Gasteiger partial charge in [0.25, 0.3) is 5.56 Å². The molecule has 5 aromatic rings. The lowest BCUT2D eigenvalue weighted by Gasteiger charge is -2.23. The van der Waals surface area contributed by atoms with Crippen LogP contribution in [0.3, 0.4) is 0 Å². The summed E-state index contributed by atoms with van der Waals surface area (Å²) in [6.45, 7) is 2.39. The Bertz CT molecular complexity index is 1570. The summed E-state index contributed by atoms with van der Waals surface area (Å²) in [6, 6.07) is 30.4. The Kier molecular flexibility index (Phi) is 6.91. The van der Waals surface area contributed by atoms with Crippen LogP contribution in [-0.2, 0) is 11.3 Å². The van der Waals surface area contributed by atoms with Crippen LogP contribution in [0.2, 0.25) is 0 Å².